The molecule has 0 aliphatic heterocycles. The molecular formula is C60H41N5. The van der Waals surface area contributed by atoms with E-state index in [1.807, 2.05) is 24.3 Å². The van der Waals surface area contributed by atoms with Gasteiger partial charge in [0.05, 0.1) is 55.0 Å². The molecule has 0 radical (unpaired) electrons. The molecule has 0 amide bonds. The van der Waals surface area contributed by atoms with E-state index in [9.17, 15) is 13.7 Å². The van der Waals surface area contributed by atoms with E-state index < -0.39 is 223 Å². The zero-order chi connectivity index (χ0) is 64.1. The highest BCUT2D eigenvalue weighted by Crippen LogP contribution is 2.49. The molecule has 0 fully saturated rings. The Morgan fingerprint density at radius 2 is 0.862 bits per heavy atom. The van der Waals surface area contributed by atoms with Crippen molar-refractivity contribution in [3.63, 3.8) is 0 Å². The van der Waals surface area contributed by atoms with E-state index in [0.29, 0.717) is 0 Å². The first-order chi connectivity index (χ1) is 42.0. The number of aromatic nitrogens is 5. The summed E-state index contributed by atoms with van der Waals surface area (Å²) in [5.41, 5.74) is 0.941. The van der Waals surface area contributed by atoms with Crippen molar-refractivity contribution in [2.75, 3.05) is 0 Å². The molecule has 65 heavy (non-hydrogen) atoms. The Bertz CT molecular complexity index is 4980. The third-order valence-electron chi connectivity index (χ3n) is 11.9. The second kappa shape index (κ2) is 14.3. The van der Waals surface area contributed by atoms with E-state index in [1.54, 1.807) is 24.3 Å². The predicted octanol–water partition coefficient (Wildman–Crippen LogP) is 15.0. The maximum atomic E-state index is 9.99. The van der Waals surface area contributed by atoms with Crippen LogP contribution >= 0.6 is 0 Å². The van der Waals surface area contributed by atoms with Crippen molar-refractivity contribution < 1.29 is 32.9 Å². The molecule has 0 N–H and O–H groups in total. The molecule has 3 heterocycles. The molecule has 12 aromatic rings. The lowest BCUT2D eigenvalue weighted by molar-refractivity contribution is 0.660. The van der Waals surface area contributed by atoms with E-state index >= 15 is 0 Å². The Hall–Kier alpha value is -8.41. The summed E-state index contributed by atoms with van der Waals surface area (Å²) in [4.78, 5) is 14.6. The number of para-hydroxylation sites is 2. The van der Waals surface area contributed by atoms with Gasteiger partial charge >= 0.3 is 0 Å². The SMILES string of the molecule is [2H]c1c([2H])c([2H])c(-c2c([2H])c([2H])c3c4c([2H])c([2H])c([2H])c([2H])c4n(-c4nc(-c5ccc(-c6ccc7c(c6)C(C)(C)c6ccccc6-7)cc5)nc(-n5c6c([2H])c([2H])c([2H])c([2H])c6c6c([2H])c([2H])c(-c7c([2H])c([2H])c([2H])c([2H])c7[2H])c([2H])c65)n4)c3c2[2H])c([2H])c1[2H]. The van der Waals surface area contributed by atoms with Gasteiger partial charge < -0.3 is 0 Å². The number of nitrogens with zero attached hydrogens (tertiary/aromatic N) is 5. The molecule has 13 rings (SSSR count). The molecule has 1 aliphatic carbocycles. The van der Waals surface area contributed by atoms with Gasteiger partial charge in [0.25, 0.3) is 0 Å². The number of hydrogen-bond donors (Lipinski definition) is 0. The van der Waals surface area contributed by atoms with E-state index in [0.717, 1.165) is 42.5 Å². The van der Waals surface area contributed by atoms with Gasteiger partial charge in [-0.1, -0.05) is 195 Å². The lowest BCUT2D eigenvalue weighted by atomic mass is 9.81. The Morgan fingerprint density at radius 1 is 0.385 bits per heavy atom. The molecule has 306 valence electrons. The number of hydrogen-bond acceptors (Lipinski definition) is 3. The van der Waals surface area contributed by atoms with Crippen molar-refractivity contribution in [1.29, 1.82) is 0 Å². The summed E-state index contributed by atoms with van der Waals surface area (Å²) in [6, 6.07) is 1.10. The molecule has 5 heteroatoms. The van der Waals surface area contributed by atoms with Crippen molar-refractivity contribution in [2.45, 2.75) is 19.3 Å². The third kappa shape index (κ3) is 5.82. The Kier molecular flexibility index (Phi) is 4.49. The number of rotatable bonds is 6. The second-order valence-corrected chi connectivity index (χ2v) is 15.8. The van der Waals surface area contributed by atoms with Gasteiger partial charge in [-0.3, -0.25) is 9.13 Å². The second-order valence-electron chi connectivity index (χ2n) is 15.8. The lowest BCUT2D eigenvalue weighted by Gasteiger charge is -2.22. The molecular weight excluding hydrogens is 791 g/mol. The van der Waals surface area contributed by atoms with Gasteiger partial charge in [0.2, 0.25) is 11.9 Å². The van der Waals surface area contributed by atoms with Crippen molar-refractivity contribution in [3.05, 3.63) is 223 Å². The Labute approximate surface area is 410 Å². The fraction of sp³-hybridized carbons (Fsp3) is 0.0500. The minimum atomic E-state index is -0.863. The van der Waals surface area contributed by atoms with Gasteiger partial charge in [0.15, 0.2) is 5.82 Å². The van der Waals surface area contributed by atoms with Crippen LogP contribution in [0.15, 0.2) is 212 Å². The van der Waals surface area contributed by atoms with E-state index in [1.165, 1.54) is 0 Å². The number of benzene rings is 9. The first-order valence-electron chi connectivity index (χ1n) is 32.3. The normalized spacial score (nSPS) is 18.1. The highest BCUT2D eigenvalue weighted by atomic mass is 15.3. The van der Waals surface area contributed by atoms with Gasteiger partial charge in [-0.2, -0.15) is 15.0 Å². The molecule has 5 nitrogen and oxygen atoms in total. The largest absolute Gasteiger partial charge is 0.278 e. The van der Waals surface area contributed by atoms with E-state index in [4.69, 9.17) is 34.1 Å². The van der Waals surface area contributed by atoms with Crippen molar-refractivity contribution in [2.24, 2.45) is 0 Å². The summed E-state index contributed by atoms with van der Waals surface area (Å²) in [6.45, 7) is 4.28. The van der Waals surface area contributed by atoms with Gasteiger partial charge in [-0.25, -0.2) is 0 Å². The van der Waals surface area contributed by atoms with Crippen LogP contribution in [0.3, 0.4) is 0 Å². The molecule has 0 bridgehead atoms. The highest BCUT2D eigenvalue weighted by molar-refractivity contribution is 6.11. The smallest absolute Gasteiger partial charge is 0.240 e. The van der Waals surface area contributed by atoms with Crippen LogP contribution in [-0.4, -0.2) is 24.1 Å². The van der Waals surface area contributed by atoms with Crippen LogP contribution in [-0.2, 0) is 5.41 Å². The Balaban J connectivity index is 1.19. The fourth-order valence-electron chi connectivity index (χ4n) is 8.80. The highest BCUT2D eigenvalue weighted by Gasteiger charge is 2.35. The van der Waals surface area contributed by atoms with Crippen LogP contribution in [0.5, 0.6) is 0 Å². The minimum absolute atomic E-state index is 0.180. The molecule has 0 atom stereocenters. The average Bonchev–Trinajstić information content (AvgIpc) is 1.58. The summed E-state index contributed by atoms with van der Waals surface area (Å²) < 4.78 is 219. The summed E-state index contributed by atoms with van der Waals surface area (Å²) in [6.07, 6.45) is 0. The van der Waals surface area contributed by atoms with Crippen LogP contribution < -0.4 is 0 Å². The van der Waals surface area contributed by atoms with Crippen LogP contribution in [0.4, 0.5) is 0 Å². The van der Waals surface area contributed by atoms with Crippen LogP contribution in [0.25, 0.3) is 111 Å². The average molecular weight is 856 g/mol. The molecule has 0 unspecified atom stereocenters. The zero-order valence-corrected chi connectivity index (χ0v) is 34.1. The quantitative estimate of drug-likeness (QED) is 0.167. The zero-order valence-electron chi connectivity index (χ0n) is 58.1. The van der Waals surface area contributed by atoms with Crippen molar-refractivity contribution in [1.82, 2.24) is 24.1 Å². The monoisotopic (exact) mass is 855 g/mol. The molecule has 9 aromatic carbocycles. The summed E-state index contributed by atoms with van der Waals surface area (Å²) >= 11 is 0. The first-order valence-corrected chi connectivity index (χ1v) is 20.3. The standard InChI is InChI=1S/C60H41N5/c1-60(2)51-22-12-9-19-45(51)46-32-29-42(35-52(46)60)40-25-27-41(28-26-40)57-61-58(64-53-23-13-10-20-47(53)49-33-30-43(36-55(49)64)38-15-5-3-6-16-38)63-59(62-57)65-54-24-14-11-21-48(54)50-34-31-44(37-56(50)65)39-17-7-4-8-18-39/h3-37H,1-2H3/i3D,4D,5D,6D,7D,8D,10D,11D,13D,14D,15D,16D,17D,18D,20D,21D,23D,24D,30D,31D,33D,34D,36D,37D. The van der Waals surface area contributed by atoms with Crippen LogP contribution in [0.1, 0.15) is 57.9 Å². The molecule has 0 saturated heterocycles. The van der Waals surface area contributed by atoms with Crippen LogP contribution in [0.2, 0.25) is 0 Å². The number of fused-ring (bicyclic) bond motifs is 9. The summed E-state index contributed by atoms with van der Waals surface area (Å²) in [5, 5.41) is -1.81. The van der Waals surface area contributed by atoms with Gasteiger partial charge in [0.1, 0.15) is 0 Å². The van der Waals surface area contributed by atoms with Crippen molar-refractivity contribution in [3.8, 4) is 67.8 Å². The van der Waals surface area contributed by atoms with E-state index in [2.05, 4.69) is 32.0 Å². The predicted molar refractivity (Wildman–Crippen MR) is 268 cm³/mol. The topological polar surface area (TPSA) is 48.5 Å². The first kappa shape index (κ1) is 20.4. The van der Waals surface area contributed by atoms with Crippen LogP contribution in [0, 0.1) is 0 Å². The van der Waals surface area contributed by atoms with Gasteiger partial charge in [-0.05, 0) is 85.9 Å². The molecule has 1 aliphatic rings. The van der Waals surface area contributed by atoms with E-state index in [-0.39, 0.29) is 16.8 Å². The molecule has 0 spiro atoms. The maximum Gasteiger partial charge on any atom is 0.240 e. The molecule has 0 saturated carbocycles. The minimum Gasteiger partial charge on any atom is -0.278 e. The third-order valence-corrected chi connectivity index (χ3v) is 11.9. The van der Waals surface area contributed by atoms with Gasteiger partial charge in [0, 0.05) is 32.5 Å². The molecule has 3 aromatic heterocycles. The maximum absolute atomic E-state index is 9.99. The summed E-state index contributed by atoms with van der Waals surface area (Å²) in [5.74, 6) is -1.66. The summed E-state index contributed by atoms with van der Waals surface area (Å²) in [7, 11) is 0. The fourth-order valence-corrected chi connectivity index (χ4v) is 8.80. The lowest BCUT2D eigenvalue weighted by Crippen LogP contribution is -2.14. The Morgan fingerprint density at radius 3 is 1.45 bits per heavy atom. The van der Waals surface area contributed by atoms with Crippen molar-refractivity contribution >= 4 is 43.6 Å². The van der Waals surface area contributed by atoms with Gasteiger partial charge in [-0.15, -0.1) is 0 Å².